The number of aromatic nitrogens is 2. The van der Waals surface area contributed by atoms with Gasteiger partial charge in [0.05, 0.1) is 12.1 Å². The second-order valence-corrected chi connectivity index (χ2v) is 5.75. The molecule has 0 atom stereocenters. The summed E-state index contributed by atoms with van der Waals surface area (Å²) in [5.41, 5.74) is 6.26. The van der Waals surface area contributed by atoms with Crippen LogP contribution < -0.4 is 16.9 Å². The summed E-state index contributed by atoms with van der Waals surface area (Å²) in [4.78, 5) is 30.0. The lowest BCUT2D eigenvalue weighted by Crippen LogP contribution is -2.35. The summed E-state index contributed by atoms with van der Waals surface area (Å²) in [5, 5.41) is 0. The van der Waals surface area contributed by atoms with Crippen LogP contribution in [0.2, 0.25) is 0 Å². The molecule has 3 rings (SSSR count). The van der Waals surface area contributed by atoms with Gasteiger partial charge in [-0.05, 0) is 23.3 Å². The van der Waals surface area contributed by atoms with Crippen LogP contribution in [-0.2, 0) is 13.6 Å². The summed E-state index contributed by atoms with van der Waals surface area (Å²) in [6.07, 6.45) is 2.87. The van der Waals surface area contributed by atoms with Gasteiger partial charge in [0.25, 0.3) is 0 Å². The summed E-state index contributed by atoms with van der Waals surface area (Å²) in [6.45, 7) is 0.458. The lowest BCUT2D eigenvalue weighted by Gasteiger charge is -2.08. The molecule has 0 saturated heterocycles. The van der Waals surface area contributed by atoms with Crippen molar-refractivity contribution in [1.82, 2.24) is 9.55 Å². The minimum absolute atomic E-state index is 0.0292. The van der Waals surface area contributed by atoms with Crippen molar-refractivity contribution >= 4 is 22.8 Å². The molecule has 26 heavy (non-hydrogen) atoms. The van der Waals surface area contributed by atoms with Crippen LogP contribution in [0.15, 0.2) is 63.2 Å². The molecule has 1 heterocycles. The van der Waals surface area contributed by atoms with Crippen LogP contribution in [0.3, 0.4) is 0 Å². The fraction of sp³-hybridized carbons (Fsp3) is 0.105. The SMILES string of the molecule is Cn1c(=O)c(=O)[nH]c2c(F)cc(C(C=NCc3ccccc3)=CN)cc21. The Morgan fingerprint density at radius 3 is 2.69 bits per heavy atom. The number of halogens is 1. The number of nitrogens with two attached hydrogens (primary N) is 1. The van der Waals surface area contributed by atoms with Gasteiger partial charge >= 0.3 is 11.1 Å². The number of H-pyrrole nitrogens is 1. The van der Waals surface area contributed by atoms with Gasteiger partial charge in [-0.2, -0.15) is 0 Å². The minimum Gasteiger partial charge on any atom is -0.404 e. The number of aromatic amines is 1. The molecule has 0 saturated carbocycles. The van der Waals surface area contributed by atoms with E-state index in [2.05, 4.69) is 9.98 Å². The van der Waals surface area contributed by atoms with Gasteiger partial charge in [-0.1, -0.05) is 30.3 Å². The van der Waals surface area contributed by atoms with Crippen molar-refractivity contribution in [2.24, 2.45) is 17.8 Å². The molecule has 3 aromatic rings. The first kappa shape index (κ1) is 17.3. The Kier molecular flexibility index (Phi) is 4.79. The summed E-state index contributed by atoms with van der Waals surface area (Å²) < 4.78 is 15.5. The van der Waals surface area contributed by atoms with E-state index in [1.807, 2.05) is 30.3 Å². The highest BCUT2D eigenvalue weighted by Crippen LogP contribution is 2.20. The topological polar surface area (TPSA) is 93.2 Å². The highest BCUT2D eigenvalue weighted by Gasteiger charge is 2.11. The number of aliphatic imine (C=N–C) groups is 1. The molecule has 0 aliphatic rings. The normalized spacial score (nSPS) is 12.2. The Labute approximate surface area is 148 Å². The van der Waals surface area contributed by atoms with Gasteiger partial charge in [-0.25, -0.2) is 4.39 Å². The van der Waals surface area contributed by atoms with Crippen molar-refractivity contribution in [2.45, 2.75) is 6.54 Å². The van der Waals surface area contributed by atoms with Crippen LogP contribution in [0.4, 0.5) is 4.39 Å². The first-order chi connectivity index (χ1) is 12.5. The molecule has 0 aliphatic heterocycles. The highest BCUT2D eigenvalue weighted by atomic mass is 19.1. The van der Waals surface area contributed by atoms with Crippen LogP contribution >= 0.6 is 0 Å². The van der Waals surface area contributed by atoms with Crippen molar-refractivity contribution in [2.75, 3.05) is 0 Å². The van der Waals surface area contributed by atoms with Crippen molar-refractivity contribution in [3.8, 4) is 0 Å². The molecule has 1 aromatic heterocycles. The second-order valence-electron chi connectivity index (χ2n) is 5.75. The third-order valence-corrected chi connectivity index (χ3v) is 4.03. The number of nitrogens with zero attached hydrogens (tertiary/aromatic N) is 2. The number of allylic oxidation sites excluding steroid dienone is 1. The van der Waals surface area contributed by atoms with E-state index in [0.717, 1.165) is 10.1 Å². The number of hydrogen-bond donors (Lipinski definition) is 2. The van der Waals surface area contributed by atoms with Crippen LogP contribution in [0.5, 0.6) is 0 Å². The number of fused-ring (bicyclic) bond motifs is 1. The molecule has 0 unspecified atom stereocenters. The fourth-order valence-corrected chi connectivity index (χ4v) is 2.62. The molecule has 2 aromatic carbocycles. The Morgan fingerprint density at radius 1 is 1.27 bits per heavy atom. The van der Waals surface area contributed by atoms with Crippen molar-refractivity contribution in [1.29, 1.82) is 0 Å². The summed E-state index contributed by atoms with van der Waals surface area (Å²) in [6, 6.07) is 12.5. The molecule has 0 aliphatic carbocycles. The number of aryl methyl sites for hydroxylation is 1. The van der Waals surface area contributed by atoms with Crippen molar-refractivity contribution < 1.29 is 4.39 Å². The molecular weight excluding hydrogens is 335 g/mol. The molecule has 6 nitrogen and oxygen atoms in total. The van der Waals surface area contributed by atoms with E-state index in [4.69, 9.17) is 5.73 Å². The molecule has 7 heteroatoms. The van der Waals surface area contributed by atoms with Crippen LogP contribution in [0, 0.1) is 5.82 Å². The Balaban J connectivity index is 2.00. The van der Waals surface area contributed by atoms with E-state index in [0.29, 0.717) is 17.7 Å². The summed E-state index contributed by atoms with van der Waals surface area (Å²) >= 11 is 0. The van der Waals surface area contributed by atoms with Crippen LogP contribution in [0.25, 0.3) is 16.6 Å². The highest BCUT2D eigenvalue weighted by molar-refractivity contribution is 6.10. The lowest BCUT2D eigenvalue weighted by molar-refractivity contribution is 0.634. The largest absolute Gasteiger partial charge is 0.404 e. The zero-order valence-electron chi connectivity index (χ0n) is 14.1. The molecule has 0 bridgehead atoms. The average molecular weight is 352 g/mol. The first-order valence-electron chi connectivity index (χ1n) is 7.90. The molecule has 132 valence electrons. The zero-order chi connectivity index (χ0) is 18.7. The van der Waals surface area contributed by atoms with E-state index < -0.39 is 16.9 Å². The predicted octanol–water partition coefficient (Wildman–Crippen LogP) is 1.94. The van der Waals surface area contributed by atoms with Gasteiger partial charge in [-0.15, -0.1) is 0 Å². The minimum atomic E-state index is -0.870. The smallest absolute Gasteiger partial charge is 0.316 e. The summed E-state index contributed by atoms with van der Waals surface area (Å²) in [5.74, 6) is -0.652. The molecule has 0 spiro atoms. The Hall–Kier alpha value is -3.48. The van der Waals surface area contributed by atoms with Gasteiger partial charge in [0.1, 0.15) is 11.3 Å². The predicted molar refractivity (Wildman–Crippen MR) is 101 cm³/mol. The van der Waals surface area contributed by atoms with Crippen LogP contribution in [0.1, 0.15) is 11.1 Å². The lowest BCUT2D eigenvalue weighted by atomic mass is 10.1. The van der Waals surface area contributed by atoms with Crippen molar-refractivity contribution in [3.63, 3.8) is 0 Å². The molecule has 0 fully saturated rings. The molecule has 3 N–H and O–H groups in total. The zero-order valence-corrected chi connectivity index (χ0v) is 14.1. The maximum absolute atomic E-state index is 14.4. The maximum atomic E-state index is 14.4. The number of nitrogens with one attached hydrogen (secondary N) is 1. The second kappa shape index (κ2) is 7.18. The monoisotopic (exact) mass is 352 g/mol. The van der Waals surface area contributed by atoms with E-state index >= 15 is 0 Å². The first-order valence-corrected chi connectivity index (χ1v) is 7.90. The third-order valence-electron chi connectivity index (χ3n) is 4.03. The van der Waals surface area contributed by atoms with Gasteiger partial charge in [0, 0.05) is 25.0 Å². The summed E-state index contributed by atoms with van der Waals surface area (Å²) in [7, 11) is 1.42. The maximum Gasteiger partial charge on any atom is 0.316 e. The third kappa shape index (κ3) is 3.32. The quantitative estimate of drug-likeness (QED) is 0.555. The van der Waals surface area contributed by atoms with Gasteiger partial charge in [-0.3, -0.25) is 14.6 Å². The Morgan fingerprint density at radius 2 is 2.00 bits per heavy atom. The number of hydrogen-bond acceptors (Lipinski definition) is 4. The average Bonchev–Trinajstić information content (AvgIpc) is 2.65. The molecule has 0 amide bonds. The van der Waals surface area contributed by atoms with E-state index in [9.17, 15) is 14.0 Å². The fourth-order valence-electron chi connectivity index (χ4n) is 2.62. The van der Waals surface area contributed by atoms with Crippen molar-refractivity contribution in [3.05, 3.63) is 86.3 Å². The number of benzene rings is 2. The van der Waals surface area contributed by atoms with E-state index in [-0.39, 0.29) is 11.0 Å². The molecular formula is C19H17FN4O2. The van der Waals surface area contributed by atoms with Gasteiger partial charge in [0.2, 0.25) is 0 Å². The van der Waals surface area contributed by atoms with Crippen LogP contribution in [-0.4, -0.2) is 15.8 Å². The van der Waals surface area contributed by atoms with Gasteiger partial charge in [0.15, 0.2) is 0 Å². The number of rotatable bonds is 4. The molecule has 0 radical (unpaired) electrons. The van der Waals surface area contributed by atoms with E-state index in [1.54, 1.807) is 12.3 Å². The standard InChI is InChI=1S/C19H17FN4O2/c1-24-16-8-13(7-15(20)17(16)23-18(25)19(24)26)14(9-21)11-22-10-12-5-3-2-4-6-12/h2-9,11H,10,21H2,1H3,(H,23,25). The van der Waals surface area contributed by atoms with Gasteiger partial charge < -0.3 is 15.3 Å². The van der Waals surface area contributed by atoms with E-state index in [1.165, 1.54) is 19.3 Å². The Bertz CT molecular complexity index is 1130.